The summed E-state index contributed by atoms with van der Waals surface area (Å²) in [4.78, 5) is 39.5. The number of amides is 3. The van der Waals surface area contributed by atoms with Gasteiger partial charge in [-0.05, 0) is 101 Å². The minimum atomic E-state index is -0.378. The van der Waals surface area contributed by atoms with E-state index in [0.717, 1.165) is 22.9 Å². The van der Waals surface area contributed by atoms with Gasteiger partial charge in [0, 0.05) is 10.7 Å². The number of carbonyl (C=O) groups is 3. The quantitative estimate of drug-likeness (QED) is 0.259. The predicted molar refractivity (Wildman–Crippen MR) is 154 cm³/mol. The number of aryl methyl sites for hydroxylation is 1. The maximum atomic E-state index is 13.0. The molecule has 0 unspecified atom stereocenters. The number of ether oxygens (including phenoxy) is 2. The van der Waals surface area contributed by atoms with Crippen LogP contribution in [0, 0.1) is 6.92 Å². The number of hydrogen-bond donors (Lipinski definition) is 1. The zero-order valence-corrected chi connectivity index (χ0v) is 23.8. The van der Waals surface area contributed by atoms with E-state index in [2.05, 4.69) is 21.2 Å². The van der Waals surface area contributed by atoms with Crippen molar-refractivity contribution in [3.8, 4) is 11.5 Å². The standard InChI is InChI=1S/C28H24BrClN2O5S/c1-3-36-23-13-19(12-22(29)26(23)37-16-25(33)31-21-6-4-5-17(2)11-21)14-24-27(34)32(28(35)38-24)15-18-7-9-20(30)10-8-18/h4-14H,3,15-16H2,1-2H3,(H,31,33)/b24-14-. The molecule has 196 valence electrons. The molecule has 1 fully saturated rings. The fourth-order valence-electron chi connectivity index (χ4n) is 3.69. The van der Waals surface area contributed by atoms with Crippen molar-refractivity contribution in [1.29, 1.82) is 0 Å². The highest BCUT2D eigenvalue weighted by molar-refractivity contribution is 9.10. The van der Waals surface area contributed by atoms with E-state index in [1.165, 1.54) is 4.90 Å². The number of benzene rings is 3. The molecule has 0 spiro atoms. The molecule has 0 radical (unpaired) electrons. The van der Waals surface area contributed by atoms with Crippen LogP contribution in [0.15, 0.2) is 70.0 Å². The maximum Gasteiger partial charge on any atom is 0.293 e. The average molecular weight is 616 g/mol. The van der Waals surface area contributed by atoms with Crippen molar-refractivity contribution in [2.75, 3.05) is 18.5 Å². The number of carbonyl (C=O) groups excluding carboxylic acids is 3. The topological polar surface area (TPSA) is 84.9 Å². The lowest BCUT2D eigenvalue weighted by atomic mass is 10.1. The van der Waals surface area contributed by atoms with Gasteiger partial charge in [-0.3, -0.25) is 19.3 Å². The number of hydrogen-bond acceptors (Lipinski definition) is 6. The normalized spacial score (nSPS) is 14.2. The van der Waals surface area contributed by atoms with Gasteiger partial charge in [0.2, 0.25) is 0 Å². The van der Waals surface area contributed by atoms with Gasteiger partial charge in [-0.1, -0.05) is 35.9 Å². The molecule has 1 saturated heterocycles. The highest BCUT2D eigenvalue weighted by Gasteiger charge is 2.35. The summed E-state index contributed by atoms with van der Waals surface area (Å²) in [5.74, 6) is 0.0664. The number of imide groups is 1. The summed E-state index contributed by atoms with van der Waals surface area (Å²) in [7, 11) is 0. The lowest BCUT2D eigenvalue weighted by molar-refractivity contribution is -0.123. The largest absolute Gasteiger partial charge is 0.490 e. The molecular weight excluding hydrogens is 592 g/mol. The Hall–Kier alpha value is -3.27. The Bertz CT molecular complexity index is 1410. The number of halogens is 2. The second-order valence-corrected chi connectivity index (χ2v) is 10.6. The van der Waals surface area contributed by atoms with Crippen LogP contribution in [-0.2, 0) is 16.1 Å². The summed E-state index contributed by atoms with van der Waals surface area (Å²) < 4.78 is 12.1. The van der Waals surface area contributed by atoms with Crippen LogP contribution in [0.3, 0.4) is 0 Å². The van der Waals surface area contributed by atoms with Crippen LogP contribution in [0.5, 0.6) is 11.5 Å². The van der Waals surface area contributed by atoms with Crippen molar-refractivity contribution < 1.29 is 23.9 Å². The van der Waals surface area contributed by atoms with E-state index in [4.69, 9.17) is 21.1 Å². The third-order valence-corrected chi connectivity index (χ3v) is 7.15. The number of anilines is 1. The molecule has 0 aliphatic carbocycles. The van der Waals surface area contributed by atoms with E-state index in [-0.39, 0.29) is 30.2 Å². The first-order chi connectivity index (χ1) is 18.2. The Kier molecular flexibility index (Phi) is 9.14. The first-order valence-corrected chi connectivity index (χ1v) is 13.7. The minimum Gasteiger partial charge on any atom is -0.490 e. The van der Waals surface area contributed by atoms with Gasteiger partial charge in [-0.15, -0.1) is 0 Å². The van der Waals surface area contributed by atoms with E-state index < -0.39 is 0 Å². The molecule has 3 amide bonds. The van der Waals surface area contributed by atoms with Crippen LogP contribution in [0.25, 0.3) is 6.08 Å². The van der Waals surface area contributed by atoms with Crippen LogP contribution in [0.1, 0.15) is 23.6 Å². The molecule has 0 atom stereocenters. The van der Waals surface area contributed by atoms with Gasteiger partial charge in [0.05, 0.1) is 22.5 Å². The van der Waals surface area contributed by atoms with Gasteiger partial charge >= 0.3 is 0 Å². The molecule has 1 heterocycles. The van der Waals surface area contributed by atoms with E-state index in [0.29, 0.717) is 43.8 Å². The third-order valence-electron chi connectivity index (χ3n) is 5.41. The van der Waals surface area contributed by atoms with Crippen molar-refractivity contribution in [3.05, 3.63) is 91.8 Å². The molecular formula is C28H24BrClN2O5S. The number of thioether (sulfide) groups is 1. The summed E-state index contributed by atoms with van der Waals surface area (Å²) in [6.07, 6.45) is 1.63. The van der Waals surface area contributed by atoms with Crippen molar-refractivity contribution in [3.63, 3.8) is 0 Å². The summed E-state index contributed by atoms with van der Waals surface area (Å²) in [5.41, 5.74) is 3.15. The Labute approximate surface area is 238 Å². The molecule has 7 nitrogen and oxygen atoms in total. The zero-order chi connectivity index (χ0) is 27.2. The number of nitrogens with zero attached hydrogens (tertiary/aromatic N) is 1. The van der Waals surface area contributed by atoms with Gasteiger partial charge in [0.15, 0.2) is 18.1 Å². The van der Waals surface area contributed by atoms with Crippen LogP contribution in [0.2, 0.25) is 5.02 Å². The van der Waals surface area contributed by atoms with Gasteiger partial charge in [0.1, 0.15) is 0 Å². The Morgan fingerprint density at radius 1 is 1.11 bits per heavy atom. The van der Waals surface area contributed by atoms with E-state index in [1.807, 2.05) is 32.0 Å². The second-order valence-electron chi connectivity index (χ2n) is 8.36. The molecule has 0 bridgehead atoms. The third kappa shape index (κ3) is 6.98. The molecule has 3 aromatic carbocycles. The summed E-state index contributed by atoms with van der Waals surface area (Å²) in [6, 6.07) is 17.9. The lowest BCUT2D eigenvalue weighted by Crippen LogP contribution is -2.27. The Morgan fingerprint density at radius 3 is 2.58 bits per heavy atom. The van der Waals surface area contributed by atoms with Crippen molar-refractivity contribution in [2.45, 2.75) is 20.4 Å². The zero-order valence-electron chi connectivity index (χ0n) is 20.6. The smallest absolute Gasteiger partial charge is 0.293 e. The Morgan fingerprint density at radius 2 is 1.87 bits per heavy atom. The van der Waals surface area contributed by atoms with Gasteiger partial charge in [0.25, 0.3) is 17.1 Å². The first kappa shape index (κ1) is 27.8. The number of nitrogens with one attached hydrogen (secondary N) is 1. The lowest BCUT2D eigenvalue weighted by Gasteiger charge is -2.15. The summed E-state index contributed by atoms with van der Waals surface area (Å²) in [5, 5.41) is 3.04. The molecule has 1 N–H and O–H groups in total. The highest BCUT2D eigenvalue weighted by Crippen LogP contribution is 2.39. The first-order valence-electron chi connectivity index (χ1n) is 11.7. The summed E-state index contributed by atoms with van der Waals surface area (Å²) in [6.45, 7) is 4.06. The fraction of sp³-hybridized carbons (Fsp3) is 0.179. The van der Waals surface area contributed by atoms with Crippen molar-refractivity contribution in [1.82, 2.24) is 4.90 Å². The van der Waals surface area contributed by atoms with Gasteiger partial charge in [-0.25, -0.2) is 0 Å². The molecule has 1 aliphatic heterocycles. The van der Waals surface area contributed by atoms with Crippen LogP contribution >= 0.6 is 39.3 Å². The molecule has 1 aliphatic rings. The van der Waals surface area contributed by atoms with Gasteiger partial charge < -0.3 is 14.8 Å². The Balaban J connectivity index is 1.48. The molecule has 3 aromatic rings. The molecule has 10 heteroatoms. The van der Waals surface area contributed by atoms with E-state index in [1.54, 1.807) is 48.5 Å². The minimum absolute atomic E-state index is 0.157. The van der Waals surface area contributed by atoms with Crippen molar-refractivity contribution >= 4 is 68.1 Å². The molecule has 0 aromatic heterocycles. The number of rotatable bonds is 9. The monoisotopic (exact) mass is 614 g/mol. The average Bonchev–Trinajstić information content (AvgIpc) is 3.12. The SMILES string of the molecule is CCOc1cc(/C=C2\SC(=O)N(Cc3ccc(Cl)cc3)C2=O)cc(Br)c1OCC(=O)Nc1cccc(C)c1. The molecule has 0 saturated carbocycles. The van der Waals surface area contributed by atoms with E-state index >= 15 is 0 Å². The van der Waals surface area contributed by atoms with Crippen LogP contribution < -0.4 is 14.8 Å². The predicted octanol–water partition coefficient (Wildman–Crippen LogP) is 7.06. The summed E-state index contributed by atoms with van der Waals surface area (Å²) >= 11 is 10.3. The van der Waals surface area contributed by atoms with Crippen LogP contribution in [-0.4, -0.2) is 35.2 Å². The van der Waals surface area contributed by atoms with Gasteiger partial charge in [-0.2, -0.15) is 0 Å². The fourth-order valence-corrected chi connectivity index (χ4v) is 5.23. The van der Waals surface area contributed by atoms with Crippen LogP contribution in [0.4, 0.5) is 10.5 Å². The highest BCUT2D eigenvalue weighted by atomic mass is 79.9. The van der Waals surface area contributed by atoms with E-state index in [9.17, 15) is 14.4 Å². The second kappa shape index (κ2) is 12.5. The van der Waals surface area contributed by atoms with Crippen molar-refractivity contribution in [2.24, 2.45) is 0 Å². The molecule has 4 rings (SSSR count). The maximum absolute atomic E-state index is 13.0. The molecule has 38 heavy (non-hydrogen) atoms.